The number of carbonyl (C=O) groups excluding carboxylic acids is 1. The Bertz CT molecular complexity index is 687. The summed E-state index contributed by atoms with van der Waals surface area (Å²) < 4.78 is 0. The normalized spacial score (nSPS) is 13.6. The van der Waals surface area contributed by atoms with Crippen LogP contribution in [0.4, 0.5) is 0 Å². The van der Waals surface area contributed by atoms with E-state index in [1.54, 1.807) is 7.05 Å². The van der Waals surface area contributed by atoms with Gasteiger partial charge in [0.05, 0.1) is 6.33 Å². The van der Waals surface area contributed by atoms with Gasteiger partial charge in [-0.25, -0.2) is 9.97 Å². The fourth-order valence-electron chi connectivity index (χ4n) is 2.44. The first kappa shape index (κ1) is 14.2. The lowest BCUT2D eigenvalue weighted by Gasteiger charge is -2.31. The molecule has 108 valence electrons. The second-order valence-corrected chi connectivity index (χ2v) is 5.41. The van der Waals surface area contributed by atoms with Crippen molar-refractivity contribution in [2.24, 2.45) is 11.1 Å². The van der Waals surface area contributed by atoms with Gasteiger partial charge in [0.15, 0.2) is 11.2 Å². The topological polar surface area (TPSA) is 130 Å². The number of nitrogens with one attached hydrogen (secondary N) is 3. The zero-order chi connectivity index (χ0) is 14.9. The van der Waals surface area contributed by atoms with Gasteiger partial charge in [-0.2, -0.15) is 0 Å². The summed E-state index contributed by atoms with van der Waals surface area (Å²) in [6.07, 6.45) is 1.38. The van der Waals surface area contributed by atoms with Gasteiger partial charge in [0.25, 0.3) is 5.56 Å². The van der Waals surface area contributed by atoms with E-state index in [0.717, 1.165) is 0 Å². The van der Waals surface area contributed by atoms with Gasteiger partial charge in [0.2, 0.25) is 5.91 Å². The standard InChI is InChI=1S/C12H18N6O2/c1-12(2,4-14-3)6(8(13)19)9-17-10-7(11(20)18-9)15-5-16-10/h5-6,14H,4H2,1-3H3,(H2,13,19)(H2,15,16,17,18,20). The van der Waals surface area contributed by atoms with E-state index in [4.69, 9.17) is 5.73 Å². The van der Waals surface area contributed by atoms with Crippen LogP contribution in [-0.4, -0.2) is 39.4 Å². The molecule has 8 nitrogen and oxygen atoms in total. The first-order valence-corrected chi connectivity index (χ1v) is 6.24. The van der Waals surface area contributed by atoms with Crippen LogP contribution in [0.25, 0.3) is 11.2 Å². The van der Waals surface area contributed by atoms with E-state index >= 15 is 0 Å². The third kappa shape index (κ3) is 2.42. The van der Waals surface area contributed by atoms with Gasteiger partial charge < -0.3 is 21.0 Å². The predicted molar refractivity (Wildman–Crippen MR) is 74.2 cm³/mol. The van der Waals surface area contributed by atoms with Crippen LogP contribution in [0.5, 0.6) is 0 Å². The maximum Gasteiger partial charge on any atom is 0.276 e. The minimum Gasteiger partial charge on any atom is -0.369 e. The molecule has 0 aliphatic heterocycles. The molecule has 1 atom stereocenters. The monoisotopic (exact) mass is 278 g/mol. The molecule has 0 spiro atoms. The van der Waals surface area contributed by atoms with Crippen LogP contribution in [-0.2, 0) is 4.79 Å². The summed E-state index contributed by atoms with van der Waals surface area (Å²) in [5.74, 6) is -1.02. The van der Waals surface area contributed by atoms with Gasteiger partial charge in [-0.1, -0.05) is 13.8 Å². The quantitative estimate of drug-likeness (QED) is 0.583. The Kier molecular flexibility index (Phi) is 3.58. The van der Waals surface area contributed by atoms with Gasteiger partial charge in [0, 0.05) is 6.54 Å². The summed E-state index contributed by atoms with van der Waals surface area (Å²) >= 11 is 0. The van der Waals surface area contributed by atoms with Crippen molar-refractivity contribution in [3.05, 3.63) is 22.5 Å². The third-order valence-electron chi connectivity index (χ3n) is 3.29. The van der Waals surface area contributed by atoms with E-state index in [0.29, 0.717) is 6.54 Å². The summed E-state index contributed by atoms with van der Waals surface area (Å²) in [5.41, 5.74) is 5.19. The molecule has 0 aromatic carbocycles. The number of amides is 1. The number of aromatic nitrogens is 4. The number of carbonyl (C=O) groups is 1. The van der Waals surface area contributed by atoms with Crippen LogP contribution < -0.4 is 16.6 Å². The Morgan fingerprint density at radius 2 is 2.25 bits per heavy atom. The maximum atomic E-state index is 11.9. The second kappa shape index (κ2) is 5.04. The minimum absolute atomic E-state index is 0.238. The molecule has 0 aliphatic carbocycles. The average Bonchev–Trinajstić information content (AvgIpc) is 2.76. The first-order valence-electron chi connectivity index (χ1n) is 6.24. The van der Waals surface area contributed by atoms with Crippen LogP contribution in [0.3, 0.4) is 0 Å². The summed E-state index contributed by atoms with van der Waals surface area (Å²) in [4.78, 5) is 37.3. The molecular weight excluding hydrogens is 260 g/mol. The molecular formula is C12H18N6O2. The number of primary amides is 1. The molecule has 0 saturated heterocycles. The number of imidazole rings is 1. The van der Waals surface area contributed by atoms with E-state index in [9.17, 15) is 9.59 Å². The summed E-state index contributed by atoms with van der Waals surface area (Å²) in [6.45, 7) is 4.31. The van der Waals surface area contributed by atoms with Gasteiger partial charge in [-0.05, 0) is 12.5 Å². The van der Waals surface area contributed by atoms with Crippen molar-refractivity contribution in [1.29, 1.82) is 0 Å². The highest BCUT2D eigenvalue weighted by molar-refractivity contribution is 5.82. The molecule has 2 aromatic heterocycles. The zero-order valence-electron chi connectivity index (χ0n) is 11.7. The molecule has 2 rings (SSSR count). The van der Waals surface area contributed by atoms with E-state index in [-0.39, 0.29) is 22.5 Å². The lowest BCUT2D eigenvalue weighted by Crippen LogP contribution is -2.41. The Morgan fingerprint density at radius 3 is 2.85 bits per heavy atom. The van der Waals surface area contributed by atoms with Gasteiger partial charge in [0.1, 0.15) is 11.7 Å². The van der Waals surface area contributed by atoms with Crippen molar-refractivity contribution in [3.63, 3.8) is 0 Å². The number of hydrogen-bond donors (Lipinski definition) is 4. The molecule has 5 N–H and O–H groups in total. The summed E-state index contributed by atoms with van der Waals surface area (Å²) in [5, 5.41) is 3.01. The molecule has 0 bridgehead atoms. The summed E-state index contributed by atoms with van der Waals surface area (Å²) in [7, 11) is 1.78. The summed E-state index contributed by atoms with van der Waals surface area (Å²) in [6, 6.07) is 0. The third-order valence-corrected chi connectivity index (χ3v) is 3.29. The number of nitrogens with zero attached hydrogens (tertiary/aromatic N) is 2. The molecule has 20 heavy (non-hydrogen) atoms. The number of fused-ring (bicyclic) bond motifs is 1. The molecule has 8 heteroatoms. The van der Waals surface area contributed by atoms with Crippen molar-refractivity contribution in [3.8, 4) is 0 Å². The van der Waals surface area contributed by atoms with E-state index in [1.807, 2.05) is 13.8 Å². The number of nitrogens with two attached hydrogens (primary N) is 1. The van der Waals surface area contributed by atoms with E-state index < -0.39 is 17.2 Å². The van der Waals surface area contributed by atoms with Crippen LogP contribution in [0.15, 0.2) is 11.1 Å². The van der Waals surface area contributed by atoms with Crippen molar-refractivity contribution in [2.45, 2.75) is 19.8 Å². The SMILES string of the molecule is CNCC(C)(C)C(C(N)=O)c1nc2nc[nH]c2c(=O)[nH]1. The van der Waals surface area contributed by atoms with Crippen molar-refractivity contribution in [2.75, 3.05) is 13.6 Å². The molecule has 0 aliphatic rings. The Hall–Kier alpha value is -2.22. The molecule has 2 aromatic rings. The largest absolute Gasteiger partial charge is 0.369 e. The number of H-pyrrole nitrogens is 2. The van der Waals surface area contributed by atoms with Crippen LogP contribution in [0, 0.1) is 5.41 Å². The molecule has 1 unspecified atom stereocenters. The number of rotatable bonds is 5. The molecule has 0 saturated carbocycles. The zero-order valence-corrected chi connectivity index (χ0v) is 11.7. The first-order chi connectivity index (χ1) is 9.36. The highest BCUT2D eigenvalue weighted by atomic mass is 16.1. The predicted octanol–water partition coefficient (Wildman–Crippen LogP) is -0.539. The second-order valence-electron chi connectivity index (χ2n) is 5.41. The highest BCUT2D eigenvalue weighted by Crippen LogP contribution is 2.32. The number of aromatic amines is 2. The van der Waals surface area contributed by atoms with Gasteiger partial charge in [-0.15, -0.1) is 0 Å². The van der Waals surface area contributed by atoms with Crippen LogP contribution >= 0.6 is 0 Å². The van der Waals surface area contributed by atoms with E-state index in [2.05, 4.69) is 25.3 Å². The molecule has 0 fully saturated rings. The van der Waals surface area contributed by atoms with Crippen LogP contribution in [0.2, 0.25) is 0 Å². The van der Waals surface area contributed by atoms with Crippen molar-refractivity contribution < 1.29 is 4.79 Å². The number of hydrogen-bond acceptors (Lipinski definition) is 5. The molecule has 1 amide bonds. The maximum absolute atomic E-state index is 11.9. The fraction of sp³-hybridized carbons (Fsp3) is 0.500. The van der Waals surface area contributed by atoms with E-state index in [1.165, 1.54) is 6.33 Å². The average molecular weight is 278 g/mol. The smallest absolute Gasteiger partial charge is 0.276 e. The lowest BCUT2D eigenvalue weighted by molar-refractivity contribution is -0.122. The van der Waals surface area contributed by atoms with Crippen molar-refractivity contribution >= 4 is 17.1 Å². The Balaban J connectivity index is 2.57. The fourth-order valence-corrected chi connectivity index (χ4v) is 2.44. The Morgan fingerprint density at radius 1 is 1.55 bits per heavy atom. The van der Waals surface area contributed by atoms with Crippen LogP contribution in [0.1, 0.15) is 25.6 Å². The van der Waals surface area contributed by atoms with Gasteiger partial charge >= 0.3 is 0 Å². The molecule has 2 heterocycles. The Labute approximate surface area is 115 Å². The highest BCUT2D eigenvalue weighted by Gasteiger charge is 2.37. The van der Waals surface area contributed by atoms with Crippen molar-refractivity contribution in [1.82, 2.24) is 25.3 Å². The molecule has 0 radical (unpaired) electrons. The lowest BCUT2D eigenvalue weighted by atomic mass is 9.77. The minimum atomic E-state index is -0.719. The van der Waals surface area contributed by atoms with Gasteiger partial charge in [-0.3, -0.25) is 9.59 Å².